The Morgan fingerprint density at radius 2 is 1.71 bits per heavy atom. The molecule has 21 heavy (non-hydrogen) atoms. The lowest BCUT2D eigenvalue weighted by Gasteiger charge is -2.13. The lowest BCUT2D eigenvalue weighted by Crippen LogP contribution is -2.15. The summed E-state index contributed by atoms with van der Waals surface area (Å²) in [6.45, 7) is 4.00. The summed E-state index contributed by atoms with van der Waals surface area (Å²) in [5.74, 6) is 2.64. The van der Waals surface area contributed by atoms with E-state index < -0.39 is 0 Å². The third-order valence-electron chi connectivity index (χ3n) is 2.73. The first-order valence-corrected chi connectivity index (χ1v) is 6.88. The maximum atomic E-state index is 5.64. The van der Waals surface area contributed by atoms with Crippen LogP contribution < -0.4 is 15.0 Å². The van der Waals surface area contributed by atoms with Crippen LogP contribution in [0.5, 0.6) is 5.75 Å². The molecular formula is C15H21N5O. The number of nitrogens with zero attached hydrogens (tertiary/aromatic N) is 4. The van der Waals surface area contributed by atoms with E-state index in [9.17, 15) is 0 Å². The van der Waals surface area contributed by atoms with E-state index in [0.29, 0.717) is 17.7 Å². The molecule has 0 spiro atoms. The van der Waals surface area contributed by atoms with E-state index in [1.807, 2.05) is 57.1 Å². The highest BCUT2D eigenvalue weighted by Gasteiger charge is 2.09. The Labute approximate surface area is 125 Å². The molecule has 0 aliphatic carbocycles. The van der Waals surface area contributed by atoms with Crippen LogP contribution in [0.25, 0.3) is 11.4 Å². The Balaban J connectivity index is 2.34. The van der Waals surface area contributed by atoms with Crippen LogP contribution >= 0.6 is 0 Å². The van der Waals surface area contributed by atoms with Gasteiger partial charge in [-0.2, -0.15) is 15.0 Å². The Hall–Kier alpha value is -2.37. The number of benzene rings is 1. The van der Waals surface area contributed by atoms with E-state index in [4.69, 9.17) is 4.74 Å². The van der Waals surface area contributed by atoms with E-state index in [1.165, 1.54) is 0 Å². The van der Waals surface area contributed by atoms with Gasteiger partial charge >= 0.3 is 0 Å². The molecule has 0 aliphatic heterocycles. The zero-order valence-electron chi connectivity index (χ0n) is 13.1. The van der Waals surface area contributed by atoms with Gasteiger partial charge in [0, 0.05) is 26.7 Å². The largest absolute Gasteiger partial charge is 0.491 e. The van der Waals surface area contributed by atoms with Crippen LogP contribution in [0.1, 0.15) is 13.8 Å². The first kappa shape index (κ1) is 15.0. The lowest BCUT2D eigenvalue weighted by atomic mass is 10.2. The van der Waals surface area contributed by atoms with Crippen LogP contribution in [0.3, 0.4) is 0 Å². The highest BCUT2D eigenvalue weighted by atomic mass is 16.5. The molecule has 0 unspecified atom stereocenters. The molecule has 0 atom stereocenters. The molecule has 0 saturated heterocycles. The molecule has 2 rings (SSSR count). The predicted molar refractivity (Wildman–Crippen MR) is 84.9 cm³/mol. The maximum absolute atomic E-state index is 5.64. The number of hydrogen-bond donors (Lipinski definition) is 1. The Kier molecular flexibility index (Phi) is 4.57. The van der Waals surface area contributed by atoms with Crippen LogP contribution in [-0.4, -0.2) is 42.2 Å². The number of rotatable bonds is 5. The fraction of sp³-hybridized carbons (Fsp3) is 0.400. The third-order valence-corrected chi connectivity index (χ3v) is 2.73. The van der Waals surface area contributed by atoms with Gasteiger partial charge in [-0.05, 0) is 38.1 Å². The Morgan fingerprint density at radius 1 is 1.05 bits per heavy atom. The molecule has 0 radical (unpaired) electrons. The molecule has 1 heterocycles. The highest BCUT2D eigenvalue weighted by molar-refractivity contribution is 5.59. The first-order valence-electron chi connectivity index (χ1n) is 6.88. The monoisotopic (exact) mass is 287 g/mol. The average Bonchev–Trinajstić information content (AvgIpc) is 2.46. The summed E-state index contributed by atoms with van der Waals surface area (Å²) >= 11 is 0. The molecule has 0 bridgehead atoms. The smallest absolute Gasteiger partial charge is 0.230 e. The fourth-order valence-electron chi connectivity index (χ4n) is 1.76. The zero-order valence-corrected chi connectivity index (χ0v) is 13.1. The molecule has 0 saturated carbocycles. The van der Waals surface area contributed by atoms with E-state index in [-0.39, 0.29) is 6.10 Å². The van der Waals surface area contributed by atoms with Crippen molar-refractivity contribution in [3.63, 3.8) is 0 Å². The van der Waals surface area contributed by atoms with Crippen LogP contribution in [0.15, 0.2) is 24.3 Å². The molecular weight excluding hydrogens is 266 g/mol. The molecule has 6 nitrogen and oxygen atoms in total. The van der Waals surface area contributed by atoms with Gasteiger partial charge < -0.3 is 15.0 Å². The van der Waals surface area contributed by atoms with Gasteiger partial charge in [0.1, 0.15) is 5.75 Å². The topological polar surface area (TPSA) is 63.2 Å². The number of anilines is 2. The minimum Gasteiger partial charge on any atom is -0.491 e. The summed E-state index contributed by atoms with van der Waals surface area (Å²) in [5.41, 5.74) is 0.924. The summed E-state index contributed by atoms with van der Waals surface area (Å²) in [6, 6.07) is 7.75. The molecule has 112 valence electrons. The molecule has 2 aromatic rings. The van der Waals surface area contributed by atoms with Gasteiger partial charge in [0.2, 0.25) is 11.9 Å². The summed E-state index contributed by atoms with van der Waals surface area (Å²) in [7, 11) is 5.59. The molecule has 0 amide bonds. The van der Waals surface area contributed by atoms with Crippen LogP contribution in [0.4, 0.5) is 11.9 Å². The molecule has 6 heteroatoms. The Bertz CT molecular complexity index is 596. The Morgan fingerprint density at radius 3 is 2.24 bits per heavy atom. The quantitative estimate of drug-likeness (QED) is 0.911. The van der Waals surface area contributed by atoms with Crippen LogP contribution in [0, 0.1) is 0 Å². The SMILES string of the molecule is CNc1nc(-c2ccc(OC(C)C)cc2)nc(N(C)C)n1. The van der Waals surface area contributed by atoms with E-state index in [1.54, 1.807) is 7.05 Å². The molecule has 1 aromatic carbocycles. The second kappa shape index (κ2) is 6.39. The van der Waals surface area contributed by atoms with Crippen molar-refractivity contribution in [1.82, 2.24) is 15.0 Å². The second-order valence-corrected chi connectivity index (χ2v) is 5.12. The number of ether oxygens (including phenoxy) is 1. The number of nitrogens with one attached hydrogen (secondary N) is 1. The van der Waals surface area contributed by atoms with Crippen molar-refractivity contribution in [1.29, 1.82) is 0 Å². The zero-order chi connectivity index (χ0) is 15.4. The van der Waals surface area contributed by atoms with Gasteiger partial charge in [-0.3, -0.25) is 0 Å². The van der Waals surface area contributed by atoms with Gasteiger partial charge in [-0.1, -0.05) is 0 Å². The van der Waals surface area contributed by atoms with Crippen molar-refractivity contribution in [3.8, 4) is 17.1 Å². The van der Waals surface area contributed by atoms with Gasteiger partial charge in [0.15, 0.2) is 5.82 Å². The summed E-state index contributed by atoms with van der Waals surface area (Å²) in [4.78, 5) is 15.0. The molecule has 1 aromatic heterocycles. The van der Waals surface area contributed by atoms with Crippen molar-refractivity contribution in [3.05, 3.63) is 24.3 Å². The van der Waals surface area contributed by atoms with Crippen molar-refractivity contribution >= 4 is 11.9 Å². The predicted octanol–water partition coefficient (Wildman–Crippen LogP) is 2.43. The highest BCUT2D eigenvalue weighted by Crippen LogP contribution is 2.22. The fourth-order valence-corrected chi connectivity index (χ4v) is 1.76. The average molecular weight is 287 g/mol. The van der Waals surface area contributed by atoms with Gasteiger partial charge in [-0.15, -0.1) is 0 Å². The van der Waals surface area contributed by atoms with Crippen molar-refractivity contribution in [2.75, 3.05) is 31.4 Å². The summed E-state index contributed by atoms with van der Waals surface area (Å²) < 4.78 is 5.64. The van der Waals surface area contributed by atoms with Gasteiger partial charge in [0.05, 0.1) is 6.10 Å². The summed E-state index contributed by atoms with van der Waals surface area (Å²) in [6.07, 6.45) is 0.157. The van der Waals surface area contributed by atoms with Crippen molar-refractivity contribution < 1.29 is 4.74 Å². The van der Waals surface area contributed by atoms with Gasteiger partial charge in [0.25, 0.3) is 0 Å². The van der Waals surface area contributed by atoms with Crippen LogP contribution in [0.2, 0.25) is 0 Å². The minimum absolute atomic E-state index is 0.157. The number of aromatic nitrogens is 3. The summed E-state index contributed by atoms with van der Waals surface area (Å²) in [5, 5.41) is 2.96. The molecule has 1 N–H and O–H groups in total. The maximum Gasteiger partial charge on any atom is 0.230 e. The third kappa shape index (κ3) is 3.81. The second-order valence-electron chi connectivity index (χ2n) is 5.12. The van der Waals surface area contributed by atoms with E-state index in [2.05, 4.69) is 20.3 Å². The lowest BCUT2D eigenvalue weighted by molar-refractivity contribution is 0.242. The van der Waals surface area contributed by atoms with E-state index in [0.717, 1.165) is 11.3 Å². The van der Waals surface area contributed by atoms with E-state index >= 15 is 0 Å². The van der Waals surface area contributed by atoms with Crippen molar-refractivity contribution in [2.45, 2.75) is 20.0 Å². The molecule has 0 fully saturated rings. The van der Waals surface area contributed by atoms with Gasteiger partial charge in [-0.25, -0.2) is 0 Å². The van der Waals surface area contributed by atoms with Crippen molar-refractivity contribution in [2.24, 2.45) is 0 Å². The minimum atomic E-state index is 0.157. The first-order chi connectivity index (χ1) is 9.99. The van der Waals surface area contributed by atoms with Crippen LogP contribution in [-0.2, 0) is 0 Å². The number of hydrogen-bond acceptors (Lipinski definition) is 6. The normalized spacial score (nSPS) is 10.6. The molecule has 0 aliphatic rings. The standard InChI is InChI=1S/C15H21N5O/c1-10(2)21-12-8-6-11(7-9-12)13-17-14(16-3)19-15(18-13)20(4)5/h6-10H,1-5H3,(H,16,17,18,19).